The molecule has 0 atom stereocenters. The number of rotatable bonds is 3. The number of nitrogens with one attached hydrogen (secondary N) is 1. The molecular formula is C15H17N3. The highest BCUT2D eigenvalue weighted by molar-refractivity contribution is 5.71. The minimum atomic E-state index is 1.02. The Morgan fingerprint density at radius 1 is 1.17 bits per heavy atom. The molecule has 3 nitrogen and oxygen atoms in total. The number of para-hydroxylation sites is 2. The van der Waals surface area contributed by atoms with Gasteiger partial charge in [0.2, 0.25) is 0 Å². The van der Waals surface area contributed by atoms with Gasteiger partial charge < -0.3 is 10.2 Å². The number of aromatic nitrogens is 1. The Morgan fingerprint density at radius 2 is 2.11 bits per heavy atom. The lowest BCUT2D eigenvalue weighted by molar-refractivity contribution is 0.771. The summed E-state index contributed by atoms with van der Waals surface area (Å²) in [6, 6.07) is 12.7. The average Bonchev–Trinajstić information content (AvgIpc) is 2.46. The van der Waals surface area contributed by atoms with Crippen LogP contribution in [-0.2, 0) is 6.42 Å². The van der Waals surface area contributed by atoms with Gasteiger partial charge >= 0.3 is 0 Å². The van der Waals surface area contributed by atoms with Crippen molar-refractivity contribution in [3.63, 3.8) is 0 Å². The standard InChI is InChI=1S/C15H17N3/c1-2-6-15-14(5-1)17-9-11-18(15)10-7-13-4-3-8-16-12-13/h1-6,8,12,17H,7,9-11H2. The quantitative estimate of drug-likeness (QED) is 0.892. The summed E-state index contributed by atoms with van der Waals surface area (Å²) in [5.41, 5.74) is 3.86. The molecule has 3 heteroatoms. The first-order chi connectivity index (χ1) is 8.93. The van der Waals surface area contributed by atoms with Crippen molar-refractivity contribution >= 4 is 11.4 Å². The molecule has 0 radical (unpaired) electrons. The Labute approximate surface area is 107 Å². The summed E-state index contributed by atoms with van der Waals surface area (Å²) in [6.07, 6.45) is 4.82. The minimum absolute atomic E-state index is 1.02. The summed E-state index contributed by atoms with van der Waals surface area (Å²) in [5, 5.41) is 3.44. The zero-order chi connectivity index (χ0) is 12.2. The third kappa shape index (κ3) is 2.30. The molecule has 0 saturated carbocycles. The van der Waals surface area contributed by atoms with E-state index in [9.17, 15) is 0 Å². The zero-order valence-corrected chi connectivity index (χ0v) is 10.3. The normalized spacial score (nSPS) is 13.9. The molecule has 0 aliphatic carbocycles. The van der Waals surface area contributed by atoms with E-state index in [0.29, 0.717) is 0 Å². The number of pyridine rings is 1. The average molecular weight is 239 g/mol. The van der Waals surface area contributed by atoms with E-state index < -0.39 is 0 Å². The molecule has 1 aromatic carbocycles. The Balaban J connectivity index is 1.71. The molecule has 0 spiro atoms. The van der Waals surface area contributed by atoms with Gasteiger partial charge in [-0.1, -0.05) is 18.2 Å². The largest absolute Gasteiger partial charge is 0.382 e. The maximum Gasteiger partial charge on any atom is 0.0602 e. The number of fused-ring (bicyclic) bond motifs is 1. The second kappa shape index (κ2) is 5.08. The molecule has 2 heterocycles. The van der Waals surface area contributed by atoms with E-state index in [0.717, 1.165) is 26.1 Å². The topological polar surface area (TPSA) is 28.2 Å². The predicted octanol–water partition coefficient (Wildman–Crippen LogP) is 2.56. The molecule has 0 unspecified atom stereocenters. The van der Waals surface area contributed by atoms with E-state index in [1.807, 2.05) is 18.5 Å². The number of hydrogen-bond acceptors (Lipinski definition) is 3. The summed E-state index contributed by atoms with van der Waals surface area (Å²) in [6.45, 7) is 3.13. The number of anilines is 2. The molecule has 18 heavy (non-hydrogen) atoms. The van der Waals surface area contributed by atoms with Gasteiger partial charge in [0.05, 0.1) is 11.4 Å². The molecule has 3 rings (SSSR count). The van der Waals surface area contributed by atoms with Crippen LogP contribution >= 0.6 is 0 Å². The van der Waals surface area contributed by atoms with Crippen LogP contribution in [-0.4, -0.2) is 24.6 Å². The van der Waals surface area contributed by atoms with Crippen LogP contribution in [0.25, 0.3) is 0 Å². The van der Waals surface area contributed by atoms with Gasteiger partial charge in [-0.05, 0) is 30.2 Å². The molecule has 0 fully saturated rings. The highest BCUT2D eigenvalue weighted by atomic mass is 15.2. The molecule has 1 aromatic heterocycles. The molecular weight excluding hydrogens is 222 g/mol. The van der Waals surface area contributed by atoms with Crippen LogP contribution in [0.5, 0.6) is 0 Å². The smallest absolute Gasteiger partial charge is 0.0602 e. The molecule has 0 bridgehead atoms. The van der Waals surface area contributed by atoms with E-state index in [-0.39, 0.29) is 0 Å². The number of hydrogen-bond donors (Lipinski definition) is 1. The van der Waals surface area contributed by atoms with Crippen molar-refractivity contribution in [1.82, 2.24) is 4.98 Å². The Hall–Kier alpha value is -2.03. The van der Waals surface area contributed by atoms with E-state index in [1.54, 1.807) is 0 Å². The molecule has 1 aliphatic heterocycles. The molecule has 1 aliphatic rings. The summed E-state index contributed by atoms with van der Waals surface area (Å²) in [4.78, 5) is 6.61. The maximum absolute atomic E-state index is 4.16. The van der Waals surface area contributed by atoms with Gasteiger partial charge in [-0.2, -0.15) is 0 Å². The molecule has 2 aromatic rings. The van der Waals surface area contributed by atoms with Crippen molar-refractivity contribution in [2.24, 2.45) is 0 Å². The zero-order valence-electron chi connectivity index (χ0n) is 10.3. The van der Waals surface area contributed by atoms with E-state index >= 15 is 0 Å². The van der Waals surface area contributed by atoms with Gasteiger partial charge in [-0.15, -0.1) is 0 Å². The van der Waals surface area contributed by atoms with Crippen LogP contribution in [0.1, 0.15) is 5.56 Å². The van der Waals surface area contributed by atoms with Gasteiger partial charge in [0.15, 0.2) is 0 Å². The van der Waals surface area contributed by atoms with E-state index in [1.165, 1.54) is 16.9 Å². The maximum atomic E-state index is 4.16. The molecule has 92 valence electrons. The first kappa shape index (κ1) is 11.1. The van der Waals surface area contributed by atoms with Crippen molar-refractivity contribution in [1.29, 1.82) is 0 Å². The van der Waals surface area contributed by atoms with Crippen LogP contribution in [0.2, 0.25) is 0 Å². The summed E-state index contributed by atoms with van der Waals surface area (Å²) < 4.78 is 0. The highest BCUT2D eigenvalue weighted by Gasteiger charge is 2.14. The first-order valence-electron chi connectivity index (χ1n) is 6.40. The molecule has 1 N–H and O–H groups in total. The molecule has 0 amide bonds. The van der Waals surface area contributed by atoms with Gasteiger partial charge in [0.1, 0.15) is 0 Å². The lowest BCUT2D eigenvalue weighted by Gasteiger charge is -2.32. The van der Waals surface area contributed by atoms with Crippen molar-refractivity contribution in [2.75, 3.05) is 29.9 Å². The van der Waals surface area contributed by atoms with E-state index in [2.05, 4.69) is 45.5 Å². The van der Waals surface area contributed by atoms with Crippen molar-refractivity contribution < 1.29 is 0 Å². The third-order valence-corrected chi connectivity index (χ3v) is 3.34. The van der Waals surface area contributed by atoms with Crippen LogP contribution in [0.4, 0.5) is 11.4 Å². The monoisotopic (exact) mass is 239 g/mol. The first-order valence-corrected chi connectivity index (χ1v) is 6.40. The SMILES string of the molecule is c1cncc(CCN2CCNc3ccccc32)c1. The highest BCUT2D eigenvalue weighted by Crippen LogP contribution is 2.28. The fourth-order valence-corrected chi connectivity index (χ4v) is 2.39. The number of benzene rings is 1. The van der Waals surface area contributed by atoms with Crippen LogP contribution < -0.4 is 10.2 Å². The second-order valence-electron chi connectivity index (χ2n) is 4.54. The van der Waals surface area contributed by atoms with E-state index in [4.69, 9.17) is 0 Å². The summed E-state index contributed by atoms with van der Waals surface area (Å²) in [5.74, 6) is 0. The lowest BCUT2D eigenvalue weighted by Crippen LogP contribution is -2.35. The lowest BCUT2D eigenvalue weighted by atomic mass is 10.1. The van der Waals surface area contributed by atoms with Gasteiger partial charge in [-0.3, -0.25) is 4.98 Å². The van der Waals surface area contributed by atoms with Gasteiger partial charge in [-0.25, -0.2) is 0 Å². The minimum Gasteiger partial charge on any atom is -0.382 e. The summed E-state index contributed by atoms with van der Waals surface area (Å²) in [7, 11) is 0. The third-order valence-electron chi connectivity index (χ3n) is 3.34. The van der Waals surface area contributed by atoms with Crippen LogP contribution in [0.15, 0.2) is 48.8 Å². The van der Waals surface area contributed by atoms with Gasteiger partial charge in [0.25, 0.3) is 0 Å². The Bertz CT molecular complexity index is 510. The number of nitrogens with zero attached hydrogens (tertiary/aromatic N) is 2. The Morgan fingerprint density at radius 3 is 3.00 bits per heavy atom. The predicted molar refractivity (Wildman–Crippen MR) is 75.1 cm³/mol. The van der Waals surface area contributed by atoms with Crippen molar-refractivity contribution in [2.45, 2.75) is 6.42 Å². The van der Waals surface area contributed by atoms with Crippen LogP contribution in [0, 0.1) is 0 Å². The van der Waals surface area contributed by atoms with Crippen LogP contribution in [0.3, 0.4) is 0 Å². The Kier molecular flexibility index (Phi) is 3.13. The summed E-state index contributed by atoms with van der Waals surface area (Å²) >= 11 is 0. The van der Waals surface area contributed by atoms with Crippen molar-refractivity contribution in [3.8, 4) is 0 Å². The second-order valence-corrected chi connectivity index (χ2v) is 4.54. The van der Waals surface area contributed by atoms with Gasteiger partial charge in [0, 0.05) is 32.0 Å². The van der Waals surface area contributed by atoms with Crippen molar-refractivity contribution in [3.05, 3.63) is 54.4 Å². The fourth-order valence-electron chi connectivity index (χ4n) is 2.39. The fraction of sp³-hybridized carbons (Fsp3) is 0.267. The molecule has 0 saturated heterocycles.